The fourth-order valence-corrected chi connectivity index (χ4v) is 1.12. The van der Waals surface area contributed by atoms with Crippen LogP contribution in [0.15, 0.2) is 24.3 Å². The van der Waals surface area contributed by atoms with Crippen LogP contribution in [-0.4, -0.2) is 24.5 Å². The lowest BCUT2D eigenvalue weighted by Gasteiger charge is -2.04. The second kappa shape index (κ2) is 4.95. The van der Waals surface area contributed by atoms with Gasteiger partial charge in [0.05, 0.1) is 7.11 Å². The Hall–Kier alpha value is -2.10. The molecule has 0 amide bonds. The first kappa shape index (κ1) is 11.0. The third-order valence-electron chi connectivity index (χ3n) is 1.80. The number of benzene rings is 1. The van der Waals surface area contributed by atoms with E-state index in [0.717, 1.165) is 6.08 Å². The fourth-order valence-electron chi connectivity index (χ4n) is 1.12. The molecule has 0 saturated heterocycles. The molecule has 0 aliphatic rings. The summed E-state index contributed by atoms with van der Waals surface area (Å²) in [5.74, 6) is -0.522. The molecular weight excluding hydrogens is 196 g/mol. The lowest BCUT2D eigenvalue weighted by Crippen LogP contribution is -1.91. The Morgan fingerprint density at radius 1 is 1.47 bits per heavy atom. The van der Waals surface area contributed by atoms with Crippen LogP contribution in [0, 0.1) is 0 Å². The molecule has 0 atom stereocenters. The van der Waals surface area contributed by atoms with Gasteiger partial charge in [0.25, 0.3) is 0 Å². The number of aliphatic carboxylic acids is 1. The Kier molecular flexibility index (Phi) is 3.62. The first-order valence-corrected chi connectivity index (χ1v) is 4.21. The van der Waals surface area contributed by atoms with Crippen molar-refractivity contribution in [1.29, 1.82) is 0 Å². The number of methoxy groups -OCH3 is 1. The summed E-state index contributed by atoms with van der Waals surface area (Å²) in [5.41, 5.74) is 1.03. The molecule has 0 radical (unpaired) electrons. The van der Waals surface area contributed by atoms with Crippen LogP contribution in [0.25, 0.3) is 6.08 Å². The zero-order chi connectivity index (χ0) is 11.3. The molecule has 0 bridgehead atoms. The second-order valence-corrected chi connectivity index (χ2v) is 2.79. The average molecular weight is 206 g/mol. The highest BCUT2D eigenvalue weighted by atomic mass is 16.5. The Morgan fingerprint density at radius 3 is 2.73 bits per heavy atom. The van der Waals surface area contributed by atoms with Gasteiger partial charge in [-0.1, -0.05) is 0 Å². The molecule has 15 heavy (non-hydrogen) atoms. The molecule has 0 fully saturated rings. The molecule has 4 heteroatoms. The third-order valence-corrected chi connectivity index (χ3v) is 1.80. The van der Waals surface area contributed by atoms with Crippen molar-refractivity contribution in [3.63, 3.8) is 0 Å². The summed E-state index contributed by atoms with van der Waals surface area (Å²) in [6.45, 7) is 0. The van der Waals surface area contributed by atoms with Crippen molar-refractivity contribution in [2.75, 3.05) is 7.11 Å². The standard InChI is InChI=1S/C11H10O4/c1-15-10-4-2-8(7-12)6-9(10)3-5-11(13)14/h2-7H,1H3,(H,13,14). The van der Waals surface area contributed by atoms with Gasteiger partial charge in [-0.05, 0) is 24.3 Å². The topological polar surface area (TPSA) is 63.6 Å². The molecular formula is C11H10O4. The van der Waals surface area contributed by atoms with Gasteiger partial charge in [0.2, 0.25) is 0 Å². The molecule has 78 valence electrons. The molecule has 0 saturated carbocycles. The SMILES string of the molecule is COc1ccc(C=O)cc1C=CC(=O)O. The minimum absolute atomic E-state index is 0.473. The number of ether oxygens (including phenoxy) is 1. The van der Waals surface area contributed by atoms with E-state index in [1.165, 1.54) is 13.2 Å². The molecule has 0 aromatic heterocycles. The van der Waals surface area contributed by atoms with E-state index in [1.807, 2.05) is 0 Å². The highest BCUT2D eigenvalue weighted by Crippen LogP contribution is 2.20. The van der Waals surface area contributed by atoms with Crippen LogP contribution in [0.1, 0.15) is 15.9 Å². The smallest absolute Gasteiger partial charge is 0.328 e. The van der Waals surface area contributed by atoms with E-state index >= 15 is 0 Å². The van der Waals surface area contributed by atoms with Crippen LogP contribution in [-0.2, 0) is 4.79 Å². The van der Waals surface area contributed by atoms with Crippen LogP contribution in [0.4, 0.5) is 0 Å². The van der Waals surface area contributed by atoms with Crippen LogP contribution in [0.3, 0.4) is 0 Å². The first-order chi connectivity index (χ1) is 7.17. The van der Waals surface area contributed by atoms with Gasteiger partial charge in [-0.3, -0.25) is 4.79 Å². The van der Waals surface area contributed by atoms with Crippen molar-refractivity contribution in [3.05, 3.63) is 35.4 Å². The number of carboxylic acid groups (broad SMARTS) is 1. The zero-order valence-corrected chi connectivity index (χ0v) is 8.14. The van der Waals surface area contributed by atoms with E-state index < -0.39 is 5.97 Å². The number of hydrogen-bond acceptors (Lipinski definition) is 3. The van der Waals surface area contributed by atoms with E-state index in [4.69, 9.17) is 9.84 Å². The number of carbonyl (C=O) groups excluding carboxylic acids is 1. The Bertz CT molecular complexity index is 407. The van der Waals surface area contributed by atoms with Gasteiger partial charge in [0.15, 0.2) is 0 Å². The van der Waals surface area contributed by atoms with E-state index in [2.05, 4.69) is 0 Å². The van der Waals surface area contributed by atoms with Gasteiger partial charge in [-0.2, -0.15) is 0 Å². The molecule has 0 aliphatic carbocycles. The zero-order valence-electron chi connectivity index (χ0n) is 8.14. The molecule has 0 heterocycles. The lowest BCUT2D eigenvalue weighted by atomic mass is 10.1. The van der Waals surface area contributed by atoms with Gasteiger partial charge in [-0.15, -0.1) is 0 Å². The summed E-state index contributed by atoms with van der Waals surface area (Å²) in [6, 6.07) is 4.78. The van der Waals surface area contributed by atoms with Gasteiger partial charge < -0.3 is 9.84 Å². The van der Waals surface area contributed by atoms with Crippen molar-refractivity contribution in [3.8, 4) is 5.75 Å². The van der Waals surface area contributed by atoms with E-state index in [1.54, 1.807) is 18.2 Å². The molecule has 1 aromatic carbocycles. The van der Waals surface area contributed by atoms with Crippen molar-refractivity contribution in [2.45, 2.75) is 0 Å². The van der Waals surface area contributed by atoms with E-state index in [-0.39, 0.29) is 0 Å². The maximum Gasteiger partial charge on any atom is 0.328 e. The third kappa shape index (κ3) is 2.95. The normalized spacial score (nSPS) is 10.2. The molecule has 1 rings (SSSR count). The second-order valence-electron chi connectivity index (χ2n) is 2.79. The molecule has 0 unspecified atom stereocenters. The number of aldehydes is 1. The summed E-state index contributed by atoms with van der Waals surface area (Å²) in [5, 5.41) is 8.47. The summed E-state index contributed by atoms with van der Waals surface area (Å²) in [4.78, 5) is 20.8. The number of carbonyl (C=O) groups is 2. The monoisotopic (exact) mass is 206 g/mol. The van der Waals surface area contributed by atoms with Gasteiger partial charge in [0.1, 0.15) is 12.0 Å². The van der Waals surface area contributed by atoms with E-state index in [9.17, 15) is 9.59 Å². The largest absolute Gasteiger partial charge is 0.496 e. The first-order valence-electron chi connectivity index (χ1n) is 4.21. The molecule has 1 aromatic rings. The highest BCUT2D eigenvalue weighted by molar-refractivity contribution is 5.86. The summed E-state index contributed by atoms with van der Waals surface area (Å²) >= 11 is 0. The summed E-state index contributed by atoms with van der Waals surface area (Å²) < 4.78 is 5.02. The predicted octanol–water partition coefficient (Wildman–Crippen LogP) is 1.61. The minimum atomic E-state index is -1.05. The van der Waals surface area contributed by atoms with Crippen LogP contribution < -0.4 is 4.74 Å². The van der Waals surface area contributed by atoms with Gasteiger partial charge in [0, 0.05) is 17.2 Å². The molecule has 4 nitrogen and oxygen atoms in total. The van der Waals surface area contributed by atoms with Gasteiger partial charge in [-0.25, -0.2) is 4.79 Å². The van der Waals surface area contributed by atoms with Crippen LogP contribution in [0.5, 0.6) is 5.75 Å². The van der Waals surface area contributed by atoms with E-state index in [0.29, 0.717) is 23.2 Å². The number of carboxylic acids is 1. The van der Waals surface area contributed by atoms with Crippen molar-refractivity contribution in [2.24, 2.45) is 0 Å². The van der Waals surface area contributed by atoms with Gasteiger partial charge >= 0.3 is 5.97 Å². The number of rotatable bonds is 4. The van der Waals surface area contributed by atoms with Crippen LogP contribution >= 0.6 is 0 Å². The average Bonchev–Trinajstić information content (AvgIpc) is 2.25. The van der Waals surface area contributed by atoms with Crippen LogP contribution in [0.2, 0.25) is 0 Å². The Morgan fingerprint density at radius 2 is 2.20 bits per heavy atom. The molecule has 0 spiro atoms. The summed E-state index contributed by atoms with van der Waals surface area (Å²) in [7, 11) is 1.48. The molecule has 0 aliphatic heterocycles. The lowest BCUT2D eigenvalue weighted by molar-refractivity contribution is -0.131. The predicted molar refractivity (Wildman–Crippen MR) is 55.1 cm³/mol. The quantitative estimate of drug-likeness (QED) is 0.600. The highest BCUT2D eigenvalue weighted by Gasteiger charge is 2.01. The van der Waals surface area contributed by atoms with Crippen molar-refractivity contribution >= 4 is 18.3 Å². The minimum Gasteiger partial charge on any atom is -0.496 e. The van der Waals surface area contributed by atoms with Crippen molar-refractivity contribution < 1.29 is 19.4 Å². The maximum absolute atomic E-state index is 10.5. The number of hydrogen-bond donors (Lipinski definition) is 1. The Balaban J connectivity index is 3.11. The maximum atomic E-state index is 10.5. The fraction of sp³-hybridized carbons (Fsp3) is 0.0909. The summed E-state index contributed by atoms with van der Waals surface area (Å²) in [6.07, 6.45) is 3.07. The van der Waals surface area contributed by atoms with Crippen molar-refractivity contribution in [1.82, 2.24) is 0 Å². The Labute approximate surface area is 86.8 Å². The molecule has 1 N–H and O–H groups in total.